The Labute approximate surface area is 146 Å². The van der Waals surface area contributed by atoms with Gasteiger partial charge in [-0.2, -0.15) is 0 Å². The number of amides is 1. The first-order chi connectivity index (χ1) is 12.0. The molecule has 0 spiro atoms. The fourth-order valence-electron chi connectivity index (χ4n) is 2.87. The Hall–Kier alpha value is -3.02. The topological polar surface area (TPSA) is 72.7 Å². The normalized spacial score (nSPS) is 10.9. The van der Waals surface area contributed by atoms with Crippen LogP contribution >= 0.6 is 0 Å². The van der Waals surface area contributed by atoms with E-state index in [1.165, 1.54) is 6.92 Å². The van der Waals surface area contributed by atoms with Crippen LogP contribution in [0, 0.1) is 6.92 Å². The van der Waals surface area contributed by atoms with Crippen LogP contribution in [0.1, 0.15) is 32.6 Å². The fraction of sp³-hybridized carbons (Fsp3) is 0.263. The van der Waals surface area contributed by atoms with E-state index in [0.29, 0.717) is 0 Å². The number of nitrogens with one attached hydrogen (secondary N) is 1. The number of carbonyl (C=O) groups is 1. The molecule has 128 valence electrons. The van der Waals surface area contributed by atoms with E-state index in [1.54, 1.807) is 6.20 Å². The molecular weight excluding hydrogens is 314 g/mol. The van der Waals surface area contributed by atoms with Gasteiger partial charge in [-0.3, -0.25) is 9.78 Å². The first-order valence-electron chi connectivity index (χ1n) is 8.21. The fourth-order valence-corrected chi connectivity index (χ4v) is 2.87. The van der Waals surface area contributed by atoms with E-state index < -0.39 is 0 Å². The summed E-state index contributed by atoms with van der Waals surface area (Å²) in [6.07, 6.45) is 1.77. The minimum absolute atomic E-state index is 0.0897. The van der Waals surface area contributed by atoms with Crippen LogP contribution in [0.2, 0.25) is 0 Å². The van der Waals surface area contributed by atoms with Crippen LogP contribution in [0.25, 0.3) is 22.6 Å². The average molecular weight is 335 g/mol. The first kappa shape index (κ1) is 16.8. The molecule has 2 aromatic heterocycles. The summed E-state index contributed by atoms with van der Waals surface area (Å²) in [5.74, 6) is 1.53. The second kappa shape index (κ2) is 6.84. The minimum atomic E-state index is -0.0897. The molecule has 0 aliphatic heterocycles. The number of hydrogen-bond donors (Lipinski definition) is 1. The smallest absolute Gasteiger partial charge is 0.221 e. The van der Waals surface area contributed by atoms with Crippen molar-refractivity contribution in [1.82, 2.24) is 19.7 Å². The highest BCUT2D eigenvalue weighted by atomic mass is 16.1. The molecule has 2 heterocycles. The molecule has 1 amide bonds. The Bertz CT molecular complexity index is 914. The van der Waals surface area contributed by atoms with Crippen LogP contribution in [-0.4, -0.2) is 25.7 Å². The summed E-state index contributed by atoms with van der Waals surface area (Å²) in [4.78, 5) is 15.7. The van der Waals surface area contributed by atoms with Gasteiger partial charge in [0.2, 0.25) is 5.91 Å². The van der Waals surface area contributed by atoms with E-state index in [1.807, 2.05) is 43.3 Å². The number of aryl methyl sites for hydroxylation is 1. The van der Waals surface area contributed by atoms with E-state index in [9.17, 15) is 4.79 Å². The molecule has 6 heteroatoms. The van der Waals surface area contributed by atoms with Crippen LogP contribution in [-0.2, 0) is 4.79 Å². The highest BCUT2D eigenvalue weighted by molar-refractivity contribution is 5.89. The van der Waals surface area contributed by atoms with Gasteiger partial charge in [-0.15, -0.1) is 10.2 Å². The number of carbonyl (C=O) groups excluding carboxylic acids is 1. The van der Waals surface area contributed by atoms with Crippen LogP contribution in [0.4, 0.5) is 5.69 Å². The number of aromatic nitrogens is 4. The maximum atomic E-state index is 11.3. The van der Waals surface area contributed by atoms with Gasteiger partial charge in [-0.25, -0.2) is 0 Å². The predicted octanol–water partition coefficient (Wildman–Crippen LogP) is 3.85. The van der Waals surface area contributed by atoms with Gasteiger partial charge < -0.3 is 9.88 Å². The van der Waals surface area contributed by atoms with Crippen LogP contribution in [0.15, 0.2) is 42.6 Å². The van der Waals surface area contributed by atoms with Crippen molar-refractivity contribution in [2.75, 3.05) is 5.32 Å². The van der Waals surface area contributed by atoms with Crippen molar-refractivity contribution in [3.63, 3.8) is 0 Å². The molecule has 0 aliphatic rings. The molecule has 1 N–H and O–H groups in total. The summed E-state index contributed by atoms with van der Waals surface area (Å²) in [5, 5.41) is 11.3. The van der Waals surface area contributed by atoms with Gasteiger partial charge in [-0.05, 0) is 56.2 Å². The summed E-state index contributed by atoms with van der Waals surface area (Å²) < 4.78 is 2.07. The SMILES string of the molecule is CC(=O)Nc1cccc(-c2ccnc(-c3nnc(C)n3C(C)C)c2)c1. The van der Waals surface area contributed by atoms with Crippen LogP contribution < -0.4 is 5.32 Å². The van der Waals surface area contributed by atoms with Gasteiger partial charge in [0.05, 0.1) is 0 Å². The van der Waals surface area contributed by atoms with E-state index >= 15 is 0 Å². The molecule has 0 aliphatic carbocycles. The molecule has 0 bridgehead atoms. The van der Waals surface area contributed by atoms with Gasteiger partial charge in [-0.1, -0.05) is 12.1 Å². The Morgan fingerprint density at radius 1 is 1.12 bits per heavy atom. The second-order valence-corrected chi connectivity index (χ2v) is 6.23. The third kappa shape index (κ3) is 3.57. The zero-order valence-corrected chi connectivity index (χ0v) is 14.8. The summed E-state index contributed by atoms with van der Waals surface area (Å²) in [6, 6.07) is 11.9. The molecule has 0 atom stereocenters. The van der Waals surface area contributed by atoms with Gasteiger partial charge in [0.1, 0.15) is 11.5 Å². The lowest BCUT2D eigenvalue weighted by Crippen LogP contribution is -2.06. The van der Waals surface area contributed by atoms with Crippen molar-refractivity contribution in [2.24, 2.45) is 0 Å². The van der Waals surface area contributed by atoms with Crippen LogP contribution in [0.3, 0.4) is 0 Å². The average Bonchev–Trinajstić information content (AvgIpc) is 2.96. The molecule has 0 radical (unpaired) electrons. The number of hydrogen-bond acceptors (Lipinski definition) is 4. The highest BCUT2D eigenvalue weighted by Crippen LogP contribution is 2.27. The maximum Gasteiger partial charge on any atom is 0.221 e. The lowest BCUT2D eigenvalue weighted by Gasteiger charge is -2.12. The Morgan fingerprint density at radius 2 is 1.88 bits per heavy atom. The summed E-state index contributed by atoms with van der Waals surface area (Å²) in [7, 11) is 0. The third-order valence-corrected chi connectivity index (χ3v) is 3.89. The lowest BCUT2D eigenvalue weighted by molar-refractivity contribution is -0.114. The Balaban J connectivity index is 2.02. The molecule has 3 rings (SSSR count). The maximum absolute atomic E-state index is 11.3. The molecule has 0 saturated heterocycles. The summed E-state index contributed by atoms with van der Waals surface area (Å²) in [6.45, 7) is 7.64. The predicted molar refractivity (Wildman–Crippen MR) is 98.1 cm³/mol. The molecule has 0 unspecified atom stereocenters. The molecule has 0 fully saturated rings. The number of benzene rings is 1. The third-order valence-electron chi connectivity index (χ3n) is 3.89. The van der Waals surface area contributed by atoms with Crippen molar-refractivity contribution < 1.29 is 4.79 Å². The standard InChI is InChI=1S/C19H21N5O/c1-12(2)24-13(3)22-23-19(24)18-11-16(8-9-20-18)15-6-5-7-17(10-15)21-14(4)25/h5-12H,1-4H3,(H,21,25). The zero-order chi connectivity index (χ0) is 18.0. The van der Waals surface area contributed by atoms with Crippen molar-refractivity contribution in [3.8, 4) is 22.6 Å². The van der Waals surface area contributed by atoms with Crippen molar-refractivity contribution >= 4 is 11.6 Å². The second-order valence-electron chi connectivity index (χ2n) is 6.23. The van der Waals surface area contributed by atoms with Crippen molar-refractivity contribution in [1.29, 1.82) is 0 Å². The van der Waals surface area contributed by atoms with E-state index in [4.69, 9.17) is 0 Å². The number of pyridine rings is 1. The molecule has 25 heavy (non-hydrogen) atoms. The van der Waals surface area contributed by atoms with Gasteiger partial charge >= 0.3 is 0 Å². The van der Waals surface area contributed by atoms with E-state index in [0.717, 1.165) is 34.2 Å². The minimum Gasteiger partial charge on any atom is -0.326 e. The van der Waals surface area contributed by atoms with E-state index in [2.05, 4.69) is 38.9 Å². The summed E-state index contributed by atoms with van der Waals surface area (Å²) in [5.41, 5.74) is 3.55. The van der Waals surface area contributed by atoms with Gasteiger partial charge in [0.25, 0.3) is 0 Å². The van der Waals surface area contributed by atoms with Crippen molar-refractivity contribution in [2.45, 2.75) is 33.7 Å². The highest BCUT2D eigenvalue weighted by Gasteiger charge is 2.15. The quantitative estimate of drug-likeness (QED) is 0.786. The lowest BCUT2D eigenvalue weighted by atomic mass is 10.1. The molecular formula is C19H21N5O. The molecule has 1 aromatic carbocycles. The van der Waals surface area contributed by atoms with E-state index in [-0.39, 0.29) is 11.9 Å². The molecule has 3 aromatic rings. The number of rotatable bonds is 4. The zero-order valence-electron chi connectivity index (χ0n) is 14.8. The Morgan fingerprint density at radius 3 is 2.60 bits per heavy atom. The van der Waals surface area contributed by atoms with Gasteiger partial charge in [0.15, 0.2) is 5.82 Å². The van der Waals surface area contributed by atoms with Crippen LogP contribution in [0.5, 0.6) is 0 Å². The first-order valence-corrected chi connectivity index (χ1v) is 8.21. The molecule has 6 nitrogen and oxygen atoms in total. The molecule has 0 saturated carbocycles. The monoisotopic (exact) mass is 335 g/mol. The number of anilines is 1. The Kier molecular flexibility index (Phi) is 4.61. The largest absolute Gasteiger partial charge is 0.326 e. The number of nitrogens with zero attached hydrogens (tertiary/aromatic N) is 4. The van der Waals surface area contributed by atoms with Crippen molar-refractivity contribution in [3.05, 3.63) is 48.4 Å². The summed E-state index contributed by atoms with van der Waals surface area (Å²) >= 11 is 0. The van der Waals surface area contributed by atoms with Gasteiger partial charge in [0, 0.05) is 24.8 Å².